The average molecular weight is 496 g/mol. The summed E-state index contributed by atoms with van der Waals surface area (Å²) in [6, 6.07) is 0. The van der Waals surface area contributed by atoms with E-state index < -0.39 is 28.6 Å². The van der Waals surface area contributed by atoms with Crippen LogP contribution in [0.2, 0.25) is 0 Å². The summed E-state index contributed by atoms with van der Waals surface area (Å²) in [5, 5.41) is 14.7. The van der Waals surface area contributed by atoms with Gasteiger partial charge in [-0.1, -0.05) is 26.2 Å². The van der Waals surface area contributed by atoms with Gasteiger partial charge in [-0.05, 0) is 25.2 Å². The Labute approximate surface area is 206 Å². The third-order valence-electron chi connectivity index (χ3n) is 9.39. The largest absolute Gasteiger partial charge is 0.389 e. The van der Waals surface area contributed by atoms with Gasteiger partial charge in [-0.15, -0.1) is 11.6 Å². The van der Waals surface area contributed by atoms with Crippen LogP contribution in [0.3, 0.4) is 0 Å². The maximum Gasteiger partial charge on any atom is 0.179 e. The summed E-state index contributed by atoms with van der Waals surface area (Å²) in [7, 11) is 3.22. The molecule has 8 heteroatoms. The highest BCUT2D eigenvalue weighted by Gasteiger charge is 2.67. The van der Waals surface area contributed by atoms with Crippen molar-refractivity contribution in [1.82, 2.24) is 5.32 Å². The van der Waals surface area contributed by atoms with E-state index in [4.69, 9.17) is 25.8 Å². The zero-order chi connectivity index (χ0) is 24.3. The molecule has 3 aliphatic carbocycles. The zero-order valence-corrected chi connectivity index (χ0v) is 21.2. The second kappa shape index (κ2) is 9.15. The van der Waals surface area contributed by atoms with Gasteiger partial charge < -0.3 is 24.6 Å². The number of carbonyl (C=O) groups is 2. The lowest BCUT2D eigenvalue weighted by Crippen LogP contribution is -2.54. The number of hydrogen-bond acceptors (Lipinski definition) is 7. The number of methoxy groups -OCH3 is 2. The number of aliphatic hydroxyl groups is 1. The minimum absolute atomic E-state index is 0.00325. The third kappa shape index (κ3) is 3.61. The molecule has 0 amide bonds. The lowest BCUT2D eigenvalue weighted by Gasteiger charge is -2.42. The van der Waals surface area contributed by atoms with Gasteiger partial charge in [-0.25, -0.2) is 0 Å². The summed E-state index contributed by atoms with van der Waals surface area (Å²) in [4.78, 5) is 27.6. The normalized spacial score (nSPS) is 45.7. The molecule has 7 nitrogen and oxygen atoms in total. The SMILES string of the molecule is COC1CC(OC)C2C(=O)[C@@]3(OC2C1Cl)C1=C(C[C@@](O)(C2CCCCC2)CCN1)C(=O)C[C@H]3C. The highest BCUT2D eigenvalue weighted by molar-refractivity contribution is 6.22. The molecule has 5 unspecified atom stereocenters. The topological polar surface area (TPSA) is 94.1 Å². The van der Waals surface area contributed by atoms with Crippen LogP contribution < -0.4 is 5.32 Å². The van der Waals surface area contributed by atoms with Gasteiger partial charge in [0.1, 0.15) is 0 Å². The second-order valence-corrected chi connectivity index (χ2v) is 11.6. The molecule has 0 radical (unpaired) electrons. The summed E-state index contributed by atoms with van der Waals surface area (Å²) in [5.41, 5.74) is -1.11. The van der Waals surface area contributed by atoms with Crippen molar-refractivity contribution in [3.05, 3.63) is 11.3 Å². The Kier molecular flexibility index (Phi) is 6.64. The summed E-state index contributed by atoms with van der Waals surface area (Å²) >= 11 is 6.80. The number of halogens is 1. The van der Waals surface area contributed by atoms with E-state index in [1.807, 2.05) is 6.92 Å². The summed E-state index contributed by atoms with van der Waals surface area (Å²) < 4.78 is 18.0. The molecule has 2 aliphatic heterocycles. The lowest BCUT2D eigenvalue weighted by atomic mass is 9.66. The van der Waals surface area contributed by atoms with Crippen LogP contribution >= 0.6 is 11.6 Å². The molecule has 5 aliphatic rings. The number of rotatable bonds is 3. The van der Waals surface area contributed by atoms with Gasteiger partial charge in [-0.3, -0.25) is 9.59 Å². The predicted molar refractivity (Wildman–Crippen MR) is 127 cm³/mol. The molecule has 0 aromatic carbocycles. The van der Waals surface area contributed by atoms with E-state index >= 15 is 0 Å². The van der Waals surface area contributed by atoms with E-state index in [0.29, 0.717) is 30.7 Å². The minimum Gasteiger partial charge on any atom is -0.389 e. The molecule has 0 aromatic rings. The molecule has 0 aromatic heterocycles. The van der Waals surface area contributed by atoms with Crippen LogP contribution in [-0.2, 0) is 23.8 Å². The Bertz CT molecular complexity index is 871. The van der Waals surface area contributed by atoms with Crippen LogP contribution in [0.4, 0.5) is 0 Å². The van der Waals surface area contributed by atoms with Crippen molar-refractivity contribution in [2.45, 2.75) is 99.6 Å². The van der Waals surface area contributed by atoms with E-state index in [1.165, 1.54) is 6.42 Å². The number of alkyl halides is 1. The van der Waals surface area contributed by atoms with Crippen molar-refractivity contribution in [2.24, 2.45) is 17.8 Å². The van der Waals surface area contributed by atoms with Crippen molar-refractivity contribution in [3.63, 3.8) is 0 Å². The number of fused-ring (bicyclic) bond motifs is 2. The highest BCUT2D eigenvalue weighted by Crippen LogP contribution is 2.53. The molecule has 5 rings (SSSR count). The van der Waals surface area contributed by atoms with E-state index in [2.05, 4.69) is 5.32 Å². The first-order chi connectivity index (χ1) is 16.3. The molecule has 0 bridgehead atoms. The Hall–Kier alpha value is -0.990. The molecule has 1 saturated heterocycles. The third-order valence-corrected chi connectivity index (χ3v) is 9.92. The van der Waals surface area contributed by atoms with E-state index in [1.54, 1.807) is 14.2 Å². The van der Waals surface area contributed by atoms with Gasteiger partial charge in [0.2, 0.25) is 0 Å². The van der Waals surface area contributed by atoms with Crippen LogP contribution in [0.1, 0.15) is 64.7 Å². The second-order valence-electron chi connectivity index (χ2n) is 11.1. The number of carbonyl (C=O) groups excluding carboxylic acids is 2. The molecule has 1 spiro atoms. The fourth-order valence-electron chi connectivity index (χ4n) is 7.48. The maximum atomic E-state index is 14.2. The Morgan fingerprint density at radius 1 is 1.12 bits per heavy atom. The van der Waals surface area contributed by atoms with Gasteiger partial charge >= 0.3 is 0 Å². The number of hydrogen-bond donors (Lipinski definition) is 2. The van der Waals surface area contributed by atoms with Crippen molar-refractivity contribution in [1.29, 1.82) is 0 Å². The van der Waals surface area contributed by atoms with Crippen LogP contribution in [0.15, 0.2) is 11.3 Å². The number of ether oxygens (including phenoxy) is 3. The Balaban J connectivity index is 1.56. The first-order valence-corrected chi connectivity index (χ1v) is 13.3. The monoisotopic (exact) mass is 495 g/mol. The number of Topliss-reactive ketones (excluding diaryl/α,β-unsaturated/α-hetero) is 2. The van der Waals surface area contributed by atoms with Gasteiger partial charge in [-0.2, -0.15) is 0 Å². The summed E-state index contributed by atoms with van der Waals surface area (Å²) in [5.74, 6) is -0.748. The molecule has 34 heavy (non-hydrogen) atoms. The molecular formula is C26H38ClNO6. The molecule has 2 saturated carbocycles. The Morgan fingerprint density at radius 2 is 1.82 bits per heavy atom. The van der Waals surface area contributed by atoms with Gasteiger partial charge in [0, 0.05) is 51.5 Å². The van der Waals surface area contributed by atoms with Crippen molar-refractivity contribution >= 4 is 23.2 Å². The smallest absolute Gasteiger partial charge is 0.179 e. The number of nitrogens with one attached hydrogen (secondary N) is 1. The van der Waals surface area contributed by atoms with E-state index in [-0.39, 0.29) is 48.5 Å². The van der Waals surface area contributed by atoms with Crippen molar-refractivity contribution < 1.29 is 28.9 Å². The van der Waals surface area contributed by atoms with Gasteiger partial charge in [0.15, 0.2) is 17.2 Å². The fourth-order valence-corrected chi connectivity index (χ4v) is 7.89. The fraction of sp³-hybridized carbons (Fsp3) is 0.846. The predicted octanol–water partition coefficient (Wildman–Crippen LogP) is 2.91. The molecule has 3 fully saturated rings. The van der Waals surface area contributed by atoms with Crippen molar-refractivity contribution in [2.75, 3.05) is 20.8 Å². The number of ketones is 2. The first kappa shape index (κ1) is 24.7. The van der Waals surface area contributed by atoms with E-state index in [9.17, 15) is 14.7 Å². The molecule has 2 heterocycles. The van der Waals surface area contributed by atoms with Crippen molar-refractivity contribution in [3.8, 4) is 0 Å². The average Bonchev–Trinajstić information content (AvgIpc) is 3.02. The minimum atomic E-state index is -1.27. The van der Waals surface area contributed by atoms with Crippen LogP contribution in [0.5, 0.6) is 0 Å². The lowest BCUT2D eigenvalue weighted by molar-refractivity contribution is -0.140. The highest BCUT2D eigenvalue weighted by atomic mass is 35.5. The summed E-state index contributed by atoms with van der Waals surface area (Å²) in [6.45, 7) is 2.41. The molecule has 2 N–H and O–H groups in total. The molecule has 8 atom stereocenters. The van der Waals surface area contributed by atoms with Crippen LogP contribution in [-0.4, -0.2) is 72.3 Å². The van der Waals surface area contributed by atoms with E-state index in [0.717, 1.165) is 25.7 Å². The first-order valence-electron chi connectivity index (χ1n) is 12.9. The van der Waals surface area contributed by atoms with Gasteiger partial charge in [0.05, 0.1) is 40.9 Å². The Morgan fingerprint density at radius 3 is 2.50 bits per heavy atom. The van der Waals surface area contributed by atoms with Crippen LogP contribution in [0.25, 0.3) is 0 Å². The zero-order valence-electron chi connectivity index (χ0n) is 20.5. The standard InChI is InChI=1S/C26H38ClNO6/c1-14-11-17(29)16-13-25(31,15-7-5-4-6-8-15)9-10-28-23(16)26(14)24(30)20-18(32-2)12-19(33-3)21(27)22(20)34-26/h14-15,18-22,28,31H,4-13H2,1-3H3/t14-,18?,19?,20?,21?,22?,25-,26+/m1/s1. The molecule has 190 valence electrons. The molecular weight excluding hydrogens is 458 g/mol. The van der Waals surface area contributed by atoms with Gasteiger partial charge in [0.25, 0.3) is 0 Å². The quantitative estimate of drug-likeness (QED) is 0.581. The summed E-state index contributed by atoms with van der Waals surface area (Å²) in [6.07, 6.45) is 5.73. The maximum absolute atomic E-state index is 14.2. The van der Waals surface area contributed by atoms with Crippen LogP contribution in [0, 0.1) is 17.8 Å².